The van der Waals surface area contributed by atoms with Gasteiger partial charge in [-0.15, -0.1) is 0 Å². The Bertz CT molecular complexity index is 513. The molecule has 0 saturated carbocycles. The summed E-state index contributed by atoms with van der Waals surface area (Å²) in [6.07, 6.45) is 0.667. The summed E-state index contributed by atoms with van der Waals surface area (Å²) in [5.41, 5.74) is 2.38. The number of nitrogens with one attached hydrogen (secondary N) is 1. The third-order valence-electron chi connectivity index (χ3n) is 2.94. The van der Waals surface area contributed by atoms with E-state index in [-0.39, 0.29) is 11.1 Å². The third kappa shape index (κ3) is 3.11. The SMILES string of the molecule is CCOCC1=C(C)NC(c2ccc(O)c(C=O)c2)S1. The predicted molar refractivity (Wildman–Crippen MR) is 76.2 cm³/mol. The Kier molecular flexibility index (Phi) is 4.50. The number of ether oxygens (including phenoxy) is 1. The lowest BCUT2D eigenvalue weighted by molar-refractivity contribution is 0.112. The molecule has 1 aromatic carbocycles. The van der Waals surface area contributed by atoms with E-state index in [0.717, 1.165) is 11.3 Å². The molecule has 19 heavy (non-hydrogen) atoms. The minimum Gasteiger partial charge on any atom is -0.507 e. The number of aromatic hydroxyl groups is 1. The molecule has 1 unspecified atom stereocenters. The molecular weight excluding hydrogens is 262 g/mol. The molecule has 1 aliphatic heterocycles. The molecular formula is C14H17NO3S. The zero-order chi connectivity index (χ0) is 13.8. The summed E-state index contributed by atoms with van der Waals surface area (Å²) in [5, 5.41) is 12.9. The summed E-state index contributed by atoms with van der Waals surface area (Å²) in [5.74, 6) is 0.0148. The van der Waals surface area contributed by atoms with Crippen molar-refractivity contribution >= 4 is 18.0 Å². The van der Waals surface area contributed by atoms with Crippen molar-refractivity contribution < 1.29 is 14.6 Å². The normalized spacial score (nSPS) is 18.5. The van der Waals surface area contributed by atoms with E-state index in [1.807, 2.05) is 19.9 Å². The monoisotopic (exact) mass is 279 g/mol. The number of aldehydes is 1. The highest BCUT2D eigenvalue weighted by molar-refractivity contribution is 8.03. The molecule has 1 heterocycles. The lowest BCUT2D eigenvalue weighted by Crippen LogP contribution is -2.11. The van der Waals surface area contributed by atoms with Crippen molar-refractivity contribution in [2.24, 2.45) is 0 Å². The van der Waals surface area contributed by atoms with Gasteiger partial charge in [0.2, 0.25) is 0 Å². The van der Waals surface area contributed by atoms with E-state index >= 15 is 0 Å². The van der Waals surface area contributed by atoms with Crippen molar-refractivity contribution in [1.82, 2.24) is 5.32 Å². The first-order chi connectivity index (χ1) is 9.15. The molecule has 1 aliphatic rings. The standard InChI is InChI=1S/C14H17NO3S/c1-3-18-8-13-9(2)15-14(19-13)10-4-5-12(17)11(6-10)7-16/h4-7,14-15,17H,3,8H2,1-2H3. The van der Waals surface area contributed by atoms with E-state index in [1.165, 1.54) is 4.91 Å². The highest BCUT2D eigenvalue weighted by Gasteiger charge is 2.23. The van der Waals surface area contributed by atoms with Crippen LogP contribution in [-0.4, -0.2) is 24.6 Å². The van der Waals surface area contributed by atoms with Crippen molar-refractivity contribution in [2.75, 3.05) is 13.2 Å². The third-order valence-corrected chi connectivity index (χ3v) is 4.28. The van der Waals surface area contributed by atoms with Crippen molar-refractivity contribution in [3.8, 4) is 5.75 Å². The fraction of sp³-hybridized carbons (Fsp3) is 0.357. The number of allylic oxidation sites excluding steroid dienone is 1. The lowest BCUT2D eigenvalue weighted by atomic mass is 10.1. The number of carbonyl (C=O) groups excluding carboxylic acids is 1. The molecule has 0 amide bonds. The predicted octanol–water partition coefficient (Wildman–Crippen LogP) is 2.81. The molecule has 0 radical (unpaired) electrons. The minimum atomic E-state index is 0.0148. The fourth-order valence-corrected chi connectivity index (χ4v) is 3.05. The summed E-state index contributed by atoms with van der Waals surface area (Å²) < 4.78 is 5.42. The van der Waals surface area contributed by atoms with Crippen LogP contribution in [0.25, 0.3) is 0 Å². The summed E-state index contributed by atoms with van der Waals surface area (Å²) >= 11 is 1.68. The Morgan fingerprint density at radius 2 is 2.32 bits per heavy atom. The van der Waals surface area contributed by atoms with Crippen LogP contribution in [0.1, 0.15) is 35.1 Å². The van der Waals surface area contributed by atoms with E-state index in [9.17, 15) is 9.90 Å². The maximum atomic E-state index is 10.8. The average Bonchev–Trinajstić information content (AvgIpc) is 2.78. The molecule has 0 spiro atoms. The van der Waals surface area contributed by atoms with Gasteiger partial charge in [0.25, 0.3) is 0 Å². The molecule has 102 valence electrons. The van der Waals surface area contributed by atoms with Gasteiger partial charge in [0.15, 0.2) is 6.29 Å². The lowest BCUT2D eigenvalue weighted by Gasteiger charge is -2.13. The van der Waals surface area contributed by atoms with E-state index in [1.54, 1.807) is 23.9 Å². The Balaban J connectivity index is 2.12. The molecule has 0 aliphatic carbocycles. The number of hydrogen-bond donors (Lipinski definition) is 2. The molecule has 1 atom stereocenters. The summed E-state index contributed by atoms with van der Waals surface area (Å²) in [4.78, 5) is 12.0. The highest BCUT2D eigenvalue weighted by atomic mass is 32.2. The van der Waals surface area contributed by atoms with Crippen LogP contribution in [0.5, 0.6) is 5.75 Å². The second-order valence-electron chi connectivity index (χ2n) is 4.26. The molecule has 0 saturated heterocycles. The Hall–Kier alpha value is -1.46. The van der Waals surface area contributed by atoms with Gasteiger partial charge in [0, 0.05) is 17.2 Å². The Morgan fingerprint density at radius 3 is 3.00 bits per heavy atom. The number of phenols is 1. The van der Waals surface area contributed by atoms with Gasteiger partial charge < -0.3 is 15.2 Å². The Morgan fingerprint density at radius 1 is 1.53 bits per heavy atom. The smallest absolute Gasteiger partial charge is 0.153 e. The summed E-state index contributed by atoms with van der Waals surface area (Å²) in [6, 6.07) is 5.09. The molecule has 5 heteroatoms. The van der Waals surface area contributed by atoms with Gasteiger partial charge in [-0.3, -0.25) is 4.79 Å². The zero-order valence-electron chi connectivity index (χ0n) is 11.0. The van der Waals surface area contributed by atoms with Gasteiger partial charge in [-0.05, 0) is 31.5 Å². The largest absolute Gasteiger partial charge is 0.507 e. The van der Waals surface area contributed by atoms with E-state index < -0.39 is 0 Å². The molecule has 4 nitrogen and oxygen atoms in total. The maximum absolute atomic E-state index is 10.8. The second-order valence-corrected chi connectivity index (χ2v) is 5.46. The van der Waals surface area contributed by atoms with Crippen LogP contribution >= 0.6 is 11.8 Å². The summed E-state index contributed by atoms with van der Waals surface area (Å²) in [6.45, 7) is 5.28. The topological polar surface area (TPSA) is 58.6 Å². The van der Waals surface area contributed by atoms with Gasteiger partial charge >= 0.3 is 0 Å². The first-order valence-corrected chi connectivity index (χ1v) is 7.02. The van der Waals surface area contributed by atoms with Gasteiger partial charge in [0.1, 0.15) is 11.1 Å². The van der Waals surface area contributed by atoms with Crippen molar-refractivity contribution in [3.05, 3.63) is 39.9 Å². The average molecular weight is 279 g/mol. The number of carbonyl (C=O) groups is 1. The molecule has 2 N–H and O–H groups in total. The van der Waals surface area contributed by atoms with Crippen LogP contribution in [0.15, 0.2) is 28.8 Å². The molecule has 0 bridgehead atoms. The zero-order valence-corrected chi connectivity index (χ0v) is 11.8. The molecule has 1 aromatic rings. The fourth-order valence-electron chi connectivity index (χ4n) is 1.86. The molecule has 2 rings (SSSR count). The molecule has 0 fully saturated rings. The maximum Gasteiger partial charge on any atom is 0.153 e. The van der Waals surface area contributed by atoms with Crippen LogP contribution < -0.4 is 5.32 Å². The Labute approximate surface area is 116 Å². The van der Waals surface area contributed by atoms with Crippen molar-refractivity contribution in [1.29, 1.82) is 0 Å². The van der Waals surface area contributed by atoms with Crippen LogP contribution in [0.3, 0.4) is 0 Å². The number of benzene rings is 1. The van der Waals surface area contributed by atoms with E-state index in [0.29, 0.717) is 25.1 Å². The van der Waals surface area contributed by atoms with Crippen LogP contribution in [0.4, 0.5) is 0 Å². The number of thioether (sulfide) groups is 1. The van der Waals surface area contributed by atoms with Crippen LogP contribution in [-0.2, 0) is 4.74 Å². The first kappa shape index (κ1) is 14.0. The molecule has 0 aromatic heterocycles. The minimum absolute atomic E-state index is 0.0148. The van der Waals surface area contributed by atoms with Gasteiger partial charge in [0.05, 0.1) is 12.2 Å². The number of hydrogen-bond acceptors (Lipinski definition) is 5. The van der Waals surface area contributed by atoms with E-state index in [4.69, 9.17) is 4.74 Å². The van der Waals surface area contributed by atoms with Gasteiger partial charge in [-0.25, -0.2) is 0 Å². The van der Waals surface area contributed by atoms with Gasteiger partial charge in [-0.1, -0.05) is 17.8 Å². The first-order valence-electron chi connectivity index (χ1n) is 6.14. The van der Waals surface area contributed by atoms with Crippen molar-refractivity contribution in [2.45, 2.75) is 19.2 Å². The highest BCUT2D eigenvalue weighted by Crippen LogP contribution is 2.40. The van der Waals surface area contributed by atoms with Crippen LogP contribution in [0, 0.1) is 0 Å². The second kappa shape index (κ2) is 6.12. The van der Waals surface area contributed by atoms with E-state index in [2.05, 4.69) is 5.32 Å². The quantitative estimate of drug-likeness (QED) is 0.812. The van der Waals surface area contributed by atoms with Crippen molar-refractivity contribution in [3.63, 3.8) is 0 Å². The number of rotatable bonds is 5. The van der Waals surface area contributed by atoms with Gasteiger partial charge in [-0.2, -0.15) is 0 Å². The summed E-state index contributed by atoms with van der Waals surface area (Å²) in [7, 11) is 0. The van der Waals surface area contributed by atoms with Crippen LogP contribution in [0.2, 0.25) is 0 Å². The number of phenolic OH excluding ortho intramolecular Hbond substituents is 1.